The van der Waals surface area contributed by atoms with Gasteiger partial charge in [-0.2, -0.15) is 0 Å². The Bertz CT molecular complexity index is 908. The SMILES string of the molecule is O=C(OCc1nc2sc3c(c2c(=O)[nH]1)CCC3)c1ccco1. The highest BCUT2D eigenvalue weighted by Crippen LogP contribution is 2.34. The molecule has 22 heavy (non-hydrogen) atoms. The maximum absolute atomic E-state index is 12.2. The fourth-order valence-corrected chi connectivity index (χ4v) is 4.00. The van der Waals surface area contributed by atoms with E-state index in [1.807, 2.05) is 0 Å². The highest BCUT2D eigenvalue weighted by molar-refractivity contribution is 7.18. The minimum absolute atomic E-state index is 0.0900. The van der Waals surface area contributed by atoms with E-state index in [0.29, 0.717) is 11.2 Å². The van der Waals surface area contributed by atoms with Crippen molar-refractivity contribution in [3.05, 3.63) is 50.8 Å². The lowest BCUT2D eigenvalue weighted by atomic mass is 10.2. The summed E-state index contributed by atoms with van der Waals surface area (Å²) in [6.45, 7) is -0.0900. The number of esters is 1. The molecule has 0 bridgehead atoms. The quantitative estimate of drug-likeness (QED) is 0.750. The van der Waals surface area contributed by atoms with E-state index in [1.54, 1.807) is 17.4 Å². The number of hydrogen-bond donors (Lipinski definition) is 1. The topological polar surface area (TPSA) is 85.2 Å². The number of nitrogens with one attached hydrogen (secondary N) is 1. The maximum Gasteiger partial charge on any atom is 0.374 e. The van der Waals surface area contributed by atoms with Crippen LogP contribution in [0.2, 0.25) is 0 Å². The van der Waals surface area contributed by atoms with Crippen molar-refractivity contribution in [1.29, 1.82) is 0 Å². The van der Waals surface area contributed by atoms with E-state index in [-0.39, 0.29) is 17.9 Å². The number of aromatic nitrogens is 2. The largest absolute Gasteiger partial charge is 0.457 e. The zero-order valence-corrected chi connectivity index (χ0v) is 12.4. The molecule has 7 heteroatoms. The Morgan fingerprint density at radius 1 is 1.45 bits per heavy atom. The van der Waals surface area contributed by atoms with Crippen molar-refractivity contribution in [2.24, 2.45) is 0 Å². The molecule has 1 aliphatic carbocycles. The van der Waals surface area contributed by atoms with E-state index in [1.165, 1.54) is 17.2 Å². The molecule has 1 aliphatic rings. The fraction of sp³-hybridized carbons (Fsp3) is 0.267. The molecule has 0 saturated heterocycles. The molecule has 0 spiro atoms. The van der Waals surface area contributed by atoms with Crippen LogP contribution < -0.4 is 5.56 Å². The predicted molar refractivity (Wildman–Crippen MR) is 80.1 cm³/mol. The molecule has 4 rings (SSSR count). The number of hydrogen-bond acceptors (Lipinski definition) is 6. The summed E-state index contributed by atoms with van der Waals surface area (Å²) in [6, 6.07) is 3.13. The van der Waals surface area contributed by atoms with Gasteiger partial charge < -0.3 is 14.1 Å². The molecule has 3 heterocycles. The summed E-state index contributed by atoms with van der Waals surface area (Å²) >= 11 is 1.56. The highest BCUT2D eigenvalue weighted by Gasteiger charge is 2.21. The number of carbonyl (C=O) groups excluding carboxylic acids is 1. The van der Waals surface area contributed by atoms with Gasteiger partial charge in [-0.05, 0) is 37.0 Å². The highest BCUT2D eigenvalue weighted by atomic mass is 32.1. The van der Waals surface area contributed by atoms with Crippen LogP contribution in [-0.2, 0) is 24.2 Å². The molecule has 0 unspecified atom stereocenters. The predicted octanol–water partition coefficient (Wildman–Crippen LogP) is 2.42. The third-order valence-electron chi connectivity index (χ3n) is 3.69. The van der Waals surface area contributed by atoms with Gasteiger partial charge in [-0.1, -0.05) is 0 Å². The van der Waals surface area contributed by atoms with Crippen LogP contribution in [0.15, 0.2) is 27.6 Å². The number of nitrogens with zero attached hydrogens (tertiary/aromatic N) is 1. The first-order valence-electron chi connectivity index (χ1n) is 6.96. The number of carbonyl (C=O) groups is 1. The zero-order chi connectivity index (χ0) is 15.1. The van der Waals surface area contributed by atoms with Crippen LogP contribution in [0.4, 0.5) is 0 Å². The van der Waals surface area contributed by atoms with E-state index in [0.717, 1.165) is 29.7 Å². The van der Waals surface area contributed by atoms with Crippen molar-refractivity contribution >= 4 is 27.5 Å². The third kappa shape index (κ3) is 2.14. The second-order valence-corrected chi connectivity index (χ2v) is 6.19. The van der Waals surface area contributed by atoms with Crippen molar-refractivity contribution in [3.8, 4) is 0 Å². The van der Waals surface area contributed by atoms with Gasteiger partial charge in [-0.3, -0.25) is 4.79 Å². The van der Waals surface area contributed by atoms with Crippen LogP contribution in [-0.4, -0.2) is 15.9 Å². The Labute approximate surface area is 128 Å². The summed E-state index contributed by atoms with van der Waals surface area (Å²) in [7, 11) is 0. The standard InChI is InChI=1S/C15H12N2O4S/c18-13-12-8-3-1-5-10(8)22-14(12)17-11(16-13)7-21-15(19)9-4-2-6-20-9/h2,4,6H,1,3,5,7H2,(H,16,17,18). The summed E-state index contributed by atoms with van der Waals surface area (Å²) < 4.78 is 10.0. The van der Waals surface area contributed by atoms with Crippen molar-refractivity contribution < 1.29 is 13.9 Å². The number of H-pyrrole nitrogens is 1. The number of aryl methyl sites for hydroxylation is 2. The second kappa shape index (κ2) is 5.10. The number of rotatable bonds is 3. The average Bonchev–Trinajstić information content (AvgIpc) is 3.20. The van der Waals surface area contributed by atoms with Crippen molar-refractivity contribution in [2.45, 2.75) is 25.9 Å². The Kier molecular flexibility index (Phi) is 3.07. The number of aromatic amines is 1. The molecule has 3 aromatic rings. The Balaban J connectivity index is 1.61. The van der Waals surface area contributed by atoms with E-state index in [9.17, 15) is 9.59 Å². The van der Waals surface area contributed by atoms with Gasteiger partial charge in [-0.25, -0.2) is 9.78 Å². The Morgan fingerprint density at radius 2 is 2.36 bits per heavy atom. The molecule has 0 aromatic carbocycles. The molecular formula is C15H12N2O4S. The summed E-state index contributed by atoms with van der Waals surface area (Å²) in [6.07, 6.45) is 4.44. The fourth-order valence-electron chi connectivity index (χ4n) is 2.71. The lowest BCUT2D eigenvalue weighted by Gasteiger charge is -2.03. The monoisotopic (exact) mass is 316 g/mol. The van der Waals surface area contributed by atoms with Gasteiger partial charge in [0, 0.05) is 4.88 Å². The van der Waals surface area contributed by atoms with Gasteiger partial charge in [0.15, 0.2) is 0 Å². The van der Waals surface area contributed by atoms with Crippen LogP contribution in [0.1, 0.15) is 33.2 Å². The first kappa shape index (κ1) is 13.3. The average molecular weight is 316 g/mol. The summed E-state index contributed by atoms with van der Waals surface area (Å²) in [5.74, 6) is -0.114. The second-order valence-electron chi connectivity index (χ2n) is 5.10. The van der Waals surface area contributed by atoms with E-state index in [4.69, 9.17) is 9.15 Å². The van der Waals surface area contributed by atoms with Gasteiger partial charge in [0.1, 0.15) is 17.3 Å². The first-order chi connectivity index (χ1) is 10.7. The zero-order valence-electron chi connectivity index (χ0n) is 11.5. The third-order valence-corrected chi connectivity index (χ3v) is 4.87. The molecule has 0 atom stereocenters. The van der Waals surface area contributed by atoms with Crippen molar-refractivity contribution in [2.75, 3.05) is 0 Å². The lowest BCUT2D eigenvalue weighted by molar-refractivity contribution is 0.0426. The van der Waals surface area contributed by atoms with Gasteiger partial charge >= 0.3 is 5.97 Å². The van der Waals surface area contributed by atoms with Crippen LogP contribution in [0, 0.1) is 0 Å². The van der Waals surface area contributed by atoms with Gasteiger partial charge in [-0.15, -0.1) is 11.3 Å². The number of ether oxygens (including phenoxy) is 1. The summed E-state index contributed by atoms with van der Waals surface area (Å²) in [4.78, 5) is 33.0. The van der Waals surface area contributed by atoms with Crippen molar-refractivity contribution in [3.63, 3.8) is 0 Å². The summed E-state index contributed by atoms with van der Waals surface area (Å²) in [5, 5.41) is 0.693. The van der Waals surface area contributed by atoms with Crippen molar-refractivity contribution in [1.82, 2.24) is 9.97 Å². The molecule has 3 aromatic heterocycles. The molecule has 0 aliphatic heterocycles. The van der Waals surface area contributed by atoms with Gasteiger partial charge in [0.2, 0.25) is 5.76 Å². The van der Waals surface area contributed by atoms with Crippen LogP contribution >= 0.6 is 11.3 Å². The first-order valence-corrected chi connectivity index (χ1v) is 7.78. The Hall–Kier alpha value is -2.41. The molecule has 0 fully saturated rings. The van der Waals surface area contributed by atoms with Crippen LogP contribution in [0.3, 0.4) is 0 Å². The lowest BCUT2D eigenvalue weighted by Crippen LogP contribution is -2.14. The molecule has 0 radical (unpaired) electrons. The smallest absolute Gasteiger partial charge is 0.374 e. The minimum atomic E-state index is -0.582. The number of furan rings is 1. The number of thiophene rings is 1. The Morgan fingerprint density at radius 3 is 3.18 bits per heavy atom. The van der Waals surface area contributed by atoms with E-state index >= 15 is 0 Å². The van der Waals surface area contributed by atoms with Gasteiger partial charge in [0.05, 0.1) is 11.6 Å². The molecule has 6 nitrogen and oxygen atoms in total. The van der Waals surface area contributed by atoms with E-state index < -0.39 is 5.97 Å². The normalized spacial score (nSPS) is 13.5. The summed E-state index contributed by atoms with van der Waals surface area (Å²) in [5.41, 5.74) is 0.973. The molecular weight excluding hydrogens is 304 g/mol. The van der Waals surface area contributed by atoms with E-state index in [2.05, 4.69) is 9.97 Å². The molecule has 0 amide bonds. The molecule has 1 N–H and O–H groups in total. The maximum atomic E-state index is 12.2. The minimum Gasteiger partial charge on any atom is -0.457 e. The molecule has 0 saturated carbocycles. The van der Waals surface area contributed by atoms with Crippen LogP contribution in [0.25, 0.3) is 10.2 Å². The van der Waals surface area contributed by atoms with Crippen LogP contribution in [0.5, 0.6) is 0 Å². The molecule has 112 valence electrons. The van der Waals surface area contributed by atoms with Gasteiger partial charge in [0.25, 0.3) is 5.56 Å². The number of fused-ring (bicyclic) bond motifs is 3.